The second-order valence-electron chi connectivity index (χ2n) is 6.58. The van der Waals surface area contributed by atoms with Crippen molar-refractivity contribution in [3.8, 4) is 0 Å². The molecular formula is C17H25N3O. The van der Waals surface area contributed by atoms with Gasteiger partial charge in [0.2, 0.25) is 5.91 Å². The maximum absolute atomic E-state index is 11.2. The third-order valence-electron chi connectivity index (χ3n) is 5.17. The van der Waals surface area contributed by atoms with Crippen molar-refractivity contribution in [1.29, 1.82) is 0 Å². The van der Waals surface area contributed by atoms with Crippen LogP contribution >= 0.6 is 0 Å². The summed E-state index contributed by atoms with van der Waals surface area (Å²) in [4.78, 5) is 13.8. The Morgan fingerprint density at radius 2 is 2.05 bits per heavy atom. The van der Waals surface area contributed by atoms with Crippen molar-refractivity contribution in [3.05, 3.63) is 35.4 Å². The SMILES string of the molecule is CN1C2CCC1CC(CNCc1cccc(C(N)=O)c1)C2. The maximum atomic E-state index is 11.2. The third-order valence-corrected chi connectivity index (χ3v) is 5.17. The lowest BCUT2D eigenvalue weighted by atomic mass is 9.91. The molecule has 2 fully saturated rings. The Hall–Kier alpha value is -1.39. The molecule has 3 N–H and O–H groups in total. The lowest BCUT2D eigenvalue weighted by molar-refractivity contribution is 0.1000. The molecule has 0 radical (unpaired) electrons. The van der Waals surface area contributed by atoms with Gasteiger partial charge < -0.3 is 16.0 Å². The first-order valence-corrected chi connectivity index (χ1v) is 7.95. The van der Waals surface area contributed by atoms with Crippen LogP contribution < -0.4 is 11.1 Å². The highest BCUT2D eigenvalue weighted by molar-refractivity contribution is 5.92. The molecule has 114 valence electrons. The zero-order valence-electron chi connectivity index (χ0n) is 12.7. The van der Waals surface area contributed by atoms with E-state index in [0.29, 0.717) is 5.56 Å². The molecule has 2 heterocycles. The number of nitrogens with one attached hydrogen (secondary N) is 1. The average Bonchev–Trinajstić information content (AvgIpc) is 2.70. The second kappa shape index (κ2) is 6.16. The molecule has 0 aromatic heterocycles. The molecule has 2 bridgehead atoms. The molecule has 0 spiro atoms. The molecule has 1 aromatic carbocycles. The van der Waals surface area contributed by atoms with Gasteiger partial charge in [0.15, 0.2) is 0 Å². The highest BCUT2D eigenvalue weighted by atomic mass is 16.1. The van der Waals surface area contributed by atoms with E-state index in [2.05, 4.69) is 17.3 Å². The van der Waals surface area contributed by atoms with Gasteiger partial charge in [0.05, 0.1) is 0 Å². The Labute approximate surface area is 126 Å². The molecule has 4 heteroatoms. The van der Waals surface area contributed by atoms with Gasteiger partial charge in [-0.15, -0.1) is 0 Å². The predicted molar refractivity (Wildman–Crippen MR) is 84.0 cm³/mol. The Morgan fingerprint density at radius 1 is 1.33 bits per heavy atom. The molecule has 3 rings (SSSR count). The van der Waals surface area contributed by atoms with Crippen LogP contribution in [0.15, 0.2) is 24.3 Å². The van der Waals surface area contributed by atoms with Gasteiger partial charge in [0.1, 0.15) is 0 Å². The fourth-order valence-corrected chi connectivity index (χ4v) is 3.95. The standard InChI is InChI=1S/C17H25N3O/c1-20-15-5-6-16(20)9-13(8-15)11-19-10-12-3-2-4-14(7-12)17(18)21/h2-4,7,13,15-16,19H,5-6,8-11H2,1H3,(H2,18,21). The quantitative estimate of drug-likeness (QED) is 0.867. The number of hydrogen-bond acceptors (Lipinski definition) is 3. The van der Waals surface area contributed by atoms with Crippen molar-refractivity contribution in [3.63, 3.8) is 0 Å². The van der Waals surface area contributed by atoms with Crippen molar-refractivity contribution in [2.45, 2.75) is 44.3 Å². The first-order chi connectivity index (χ1) is 10.1. The van der Waals surface area contributed by atoms with Crippen LogP contribution in [0.3, 0.4) is 0 Å². The lowest BCUT2D eigenvalue weighted by Gasteiger charge is -2.36. The summed E-state index contributed by atoms with van der Waals surface area (Å²) in [6.45, 7) is 1.88. The number of carbonyl (C=O) groups excluding carboxylic acids is 1. The number of piperidine rings is 1. The number of hydrogen-bond donors (Lipinski definition) is 2. The first-order valence-electron chi connectivity index (χ1n) is 7.95. The van der Waals surface area contributed by atoms with E-state index in [0.717, 1.165) is 36.7 Å². The van der Waals surface area contributed by atoms with E-state index in [1.165, 1.54) is 25.7 Å². The Bertz CT molecular complexity index is 503. The summed E-state index contributed by atoms with van der Waals surface area (Å²) in [7, 11) is 2.28. The van der Waals surface area contributed by atoms with Crippen LogP contribution in [0.25, 0.3) is 0 Å². The van der Waals surface area contributed by atoms with Crippen molar-refractivity contribution >= 4 is 5.91 Å². The molecular weight excluding hydrogens is 262 g/mol. The zero-order chi connectivity index (χ0) is 14.8. The number of fused-ring (bicyclic) bond motifs is 2. The van der Waals surface area contributed by atoms with Gasteiger partial charge in [0.25, 0.3) is 0 Å². The van der Waals surface area contributed by atoms with Gasteiger partial charge in [-0.25, -0.2) is 0 Å². The van der Waals surface area contributed by atoms with E-state index in [1.54, 1.807) is 6.07 Å². The van der Waals surface area contributed by atoms with Gasteiger partial charge in [-0.3, -0.25) is 4.79 Å². The van der Waals surface area contributed by atoms with Crippen LogP contribution in [-0.2, 0) is 6.54 Å². The molecule has 1 amide bonds. The summed E-state index contributed by atoms with van der Waals surface area (Å²) in [5, 5.41) is 3.55. The first kappa shape index (κ1) is 14.5. The van der Waals surface area contributed by atoms with Crippen molar-refractivity contribution < 1.29 is 4.79 Å². The Kier molecular flexibility index (Phi) is 4.27. The molecule has 21 heavy (non-hydrogen) atoms. The largest absolute Gasteiger partial charge is 0.366 e. The number of primary amides is 1. The van der Waals surface area contributed by atoms with Gasteiger partial charge in [-0.05, 0) is 62.9 Å². The summed E-state index contributed by atoms with van der Waals surface area (Å²) in [6, 6.07) is 9.18. The molecule has 1 aromatic rings. The Balaban J connectivity index is 1.48. The van der Waals surface area contributed by atoms with Crippen LogP contribution in [0, 0.1) is 5.92 Å². The summed E-state index contributed by atoms with van der Waals surface area (Å²) in [6.07, 6.45) is 5.39. The molecule has 2 atom stereocenters. The zero-order valence-corrected chi connectivity index (χ0v) is 12.7. The molecule has 4 nitrogen and oxygen atoms in total. The van der Waals surface area contributed by atoms with E-state index < -0.39 is 0 Å². The third kappa shape index (κ3) is 3.27. The minimum absolute atomic E-state index is 0.358. The smallest absolute Gasteiger partial charge is 0.248 e. The summed E-state index contributed by atoms with van der Waals surface area (Å²) >= 11 is 0. The molecule has 2 aliphatic heterocycles. The van der Waals surface area contributed by atoms with Gasteiger partial charge >= 0.3 is 0 Å². The molecule has 0 aliphatic carbocycles. The molecule has 2 aliphatic rings. The molecule has 0 saturated carbocycles. The molecule has 2 unspecified atom stereocenters. The average molecular weight is 287 g/mol. The second-order valence-corrected chi connectivity index (χ2v) is 6.58. The van der Waals surface area contributed by atoms with Crippen LogP contribution in [0.4, 0.5) is 0 Å². The van der Waals surface area contributed by atoms with Gasteiger partial charge in [-0.1, -0.05) is 12.1 Å². The molecule has 2 saturated heterocycles. The van der Waals surface area contributed by atoms with E-state index in [9.17, 15) is 4.79 Å². The predicted octanol–water partition coefficient (Wildman–Crippen LogP) is 1.75. The van der Waals surface area contributed by atoms with E-state index in [1.807, 2.05) is 18.2 Å². The van der Waals surface area contributed by atoms with E-state index >= 15 is 0 Å². The fraction of sp³-hybridized carbons (Fsp3) is 0.588. The topological polar surface area (TPSA) is 58.4 Å². The van der Waals surface area contributed by atoms with Crippen molar-refractivity contribution in [1.82, 2.24) is 10.2 Å². The van der Waals surface area contributed by atoms with E-state index in [4.69, 9.17) is 5.73 Å². The van der Waals surface area contributed by atoms with E-state index in [-0.39, 0.29) is 5.91 Å². The summed E-state index contributed by atoms with van der Waals surface area (Å²) in [5.41, 5.74) is 7.03. The van der Waals surface area contributed by atoms with Crippen molar-refractivity contribution in [2.75, 3.05) is 13.6 Å². The monoisotopic (exact) mass is 287 g/mol. The van der Waals surface area contributed by atoms with Crippen LogP contribution in [0.1, 0.15) is 41.6 Å². The number of carbonyl (C=O) groups is 1. The maximum Gasteiger partial charge on any atom is 0.248 e. The summed E-state index contributed by atoms with van der Waals surface area (Å²) in [5.74, 6) is 0.432. The summed E-state index contributed by atoms with van der Waals surface area (Å²) < 4.78 is 0. The number of nitrogens with two attached hydrogens (primary N) is 1. The fourth-order valence-electron chi connectivity index (χ4n) is 3.95. The number of amides is 1. The van der Waals surface area contributed by atoms with Crippen molar-refractivity contribution in [2.24, 2.45) is 11.7 Å². The lowest BCUT2D eigenvalue weighted by Crippen LogP contribution is -2.42. The minimum Gasteiger partial charge on any atom is -0.366 e. The highest BCUT2D eigenvalue weighted by Crippen LogP contribution is 2.36. The Morgan fingerprint density at radius 3 is 2.71 bits per heavy atom. The highest BCUT2D eigenvalue weighted by Gasteiger charge is 2.37. The normalized spacial score (nSPS) is 28.7. The number of rotatable bonds is 5. The number of benzene rings is 1. The van der Waals surface area contributed by atoms with Crippen LogP contribution in [-0.4, -0.2) is 36.5 Å². The van der Waals surface area contributed by atoms with Gasteiger partial charge in [-0.2, -0.15) is 0 Å². The minimum atomic E-state index is -0.358. The van der Waals surface area contributed by atoms with Crippen LogP contribution in [0.5, 0.6) is 0 Å². The van der Waals surface area contributed by atoms with Crippen LogP contribution in [0.2, 0.25) is 0 Å². The number of nitrogens with zero attached hydrogens (tertiary/aromatic N) is 1. The van der Waals surface area contributed by atoms with Gasteiger partial charge in [0, 0.05) is 24.2 Å².